The fourth-order valence-corrected chi connectivity index (χ4v) is 4.21. The zero-order chi connectivity index (χ0) is 20.7. The fourth-order valence-electron chi connectivity index (χ4n) is 4.21. The third kappa shape index (κ3) is 3.12. The molecule has 2 amide bonds. The Bertz CT molecular complexity index is 1110. The normalized spacial score (nSPS) is 20.2. The van der Waals surface area contributed by atoms with Crippen LogP contribution in [0.25, 0.3) is 0 Å². The molecule has 0 saturated carbocycles. The quantitative estimate of drug-likeness (QED) is 0.731. The molecule has 0 radical (unpaired) electrons. The molecule has 1 aromatic heterocycles. The number of aromatic nitrogens is 2. The summed E-state index contributed by atoms with van der Waals surface area (Å²) in [6.45, 7) is 0.845. The number of carbonyl (C=O) groups excluding carboxylic acids is 2. The maximum Gasteiger partial charge on any atom is 0.272 e. The van der Waals surface area contributed by atoms with Crippen molar-refractivity contribution >= 4 is 17.5 Å². The number of nitrogens with zero attached hydrogens (tertiary/aromatic N) is 3. The van der Waals surface area contributed by atoms with Crippen molar-refractivity contribution in [2.24, 2.45) is 0 Å². The molecule has 3 heterocycles. The number of benzene rings is 2. The van der Waals surface area contributed by atoms with Crippen molar-refractivity contribution in [2.45, 2.75) is 24.9 Å². The zero-order valence-electron chi connectivity index (χ0n) is 16.6. The van der Waals surface area contributed by atoms with E-state index >= 15 is 0 Å². The molecule has 7 nitrogen and oxygen atoms in total. The number of para-hydroxylation sites is 2. The summed E-state index contributed by atoms with van der Waals surface area (Å²) in [7, 11) is 1.69. The molecular formula is C23H22N4O3. The molecule has 152 valence electrons. The molecule has 0 unspecified atom stereocenters. The average Bonchev–Trinajstić information content (AvgIpc) is 3.34. The fraction of sp³-hybridized carbons (Fsp3) is 0.261. The van der Waals surface area contributed by atoms with E-state index in [9.17, 15) is 9.59 Å². The lowest BCUT2D eigenvalue weighted by atomic mass is 9.95. The minimum absolute atomic E-state index is 0.0755. The molecule has 0 bridgehead atoms. The molecule has 30 heavy (non-hydrogen) atoms. The topological polar surface area (TPSA) is 76.5 Å². The average molecular weight is 402 g/mol. The van der Waals surface area contributed by atoms with Gasteiger partial charge in [-0.05, 0) is 30.2 Å². The summed E-state index contributed by atoms with van der Waals surface area (Å²) in [5.74, 6) is 0.257. The van der Waals surface area contributed by atoms with Crippen LogP contribution >= 0.6 is 0 Å². The van der Waals surface area contributed by atoms with Gasteiger partial charge in [-0.25, -0.2) is 0 Å². The van der Waals surface area contributed by atoms with Gasteiger partial charge in [0.1, 0.15) is 24.1 Å². The Balaban J connectivity index is 1.34. The minimum Gasteiger partial charge on any atom is -0.489 e. The van der Waals surface area contributed by atoms with Gasteiger partial charge in [0.05, 0.1) is 5.69 Å². The molecule has 2 aromatic carbocycles. The number of hydrogen-bond acceptors (Lipinski definition) is 4. The molecule has 7 heteroatoms. The van der Waals surface area contributed by atoms with Crippen molar-refractivity contribution in [2.75, 3.05) is 18.6 Å². The Morgan fingerprint density at radius 3 is 2.73 bits per heavy atom. The van der Waals surface area contributed by atoms with Crippen LogP contribution in [-0.4, -0.2) is 41.3 Å². The van der Waals surface area contributed by atoms with Crippen molar-refractivity contribution < 1.29 is 14.3 Å². The van der Waals surface area contributed by atoms with Crippen LogP contribution in [0.4, 0.5) is 5.69 Å². The van der Waals surface area contributed by atoms with Crippen molar-refractivity contribution in [1.29, 1.82) is 0 Å². The van der Waals surface area contributed by atoms with Gasteiger partial charge in [-0.2, -0.15) is 5.10 Å². The standard InChI is InChI=1S/C23H22N4O3/c1-26-19-9-5-6-10-21(19)30-14-18(23(26)29)24-22(28)17-13-20-16(11-12-27(20)25-17)15-7-3-2-4-8-15/h2-10,13,16,18H,11-12,14H2,1H3,(H,24,28)/t16-,18+/m1/s1. The van der Waals surface area contributed by atoms with Gasteiger partial charge in [-0.15, -0.1) is 0 Å². The van der Waals surface area contributed by atoms with E-state index < -0.39 is 6.04 Å². The first-order valence-corrected chi connectivity index (χ1v) is 10.0. The first-order valence-electron chi connectivity index (χ1n) is 10.0. The van der Waals surface area contributed by atoms with Crippen LogP contribution in [-0.2, 0) is 11.3 Å². The van der Waals surface area contributed by atoms with E-state index in [2.05, 4.69) is 22.5 Å². The molecular weight excluding hydrogens is 380 g/mol. The number of amides is 2. The Morgan fingerprint density at radius 2 is 1.90 bits per heavy atom. The van der Waals surface area contributed by atoms with Crippen LogP contribution < -0.4 is 15.0 Å². The number of anilines is 1. The number of ether oxygens (including phenoxy) is 1. The van der Waals surface area contributed by atoms with Crippen LogP contribution in [0.5, 0.6) is 5.75 Å². The lowest BCUT2D eigenvalue weighted by Crippen LogP contribution is -2.49. The van der Waals surface area contributed by atoms with Gasteiger partial charge < -0.3 is 15.0 Å². The number of aryl methyl sites for hydroxylation is 1. The van der Waals surface area contributed by atoms with E-state index in [1.54, 1.807) is 7.05 Å². The highest BCUT2D eigenvalue weighted by Gasteiger charge is 2.32. The smallest absolute Gasteiger partial charge is 0.272 e. The second kappa shape index (κ2) is 7.33. The molecule has 0 aliphatic carbocycles. The summed E-state index contributed by atoms with van der Waals surface area (Å²) in [6.07, 6.45) is 0.965. The molecule has 0 fully saturated rings. The summed E-state index contributed by atoms with van der Waals surface area (Å²) in [5, 5.41) is 7.28. The van der Waals surface area contributed by atoms with E-state index in [1.165, 1.54) is 10.5 Å². The maximum atomic E-state index is 12.9. The maximum absolute atomic E-state index is 12.9. The predicted octanol–water partition coefficient (Wildman–Crippen LogP) is 2.57. The summed E-state index contributed by atoms with van der Waals surface area (Å²) in [4.78, 5) is 27.3. The monoisotopic (exact) mass is 402 g/mol. The van der Waals surface area contributed by atoms with Gasteiger partial charge in [-0.3, -0.25) is 14.3 Å². The Hall–Kier alpha value is -3.61. The van der Waals surface area contributed by atoms with Crippen molar-refractivity contribution in [1.82, 2.24) is 15.1 Å². The minimum atomic E-state index is -0.781. The number of carbonyl (C=O) groups is 2. The van der Waals surface area contributed by atoms with Gasteiger partial charge >= 0.3 is 0 Å². The Labute approximate surface area is 174 Å². The van der Waals surface area contributed by atoms with Crippen LogP contribution in [0.1, 0.15) is 34.1 Å². The Morgan fingerprint density at radius 1 is 1.13 bits per heavy atom. The summed E-state index contributed by atoms with van der Waals surface area (Å²) >= 11 is 0. The molecule has 0 saturated heterocycles. The Kier molecular flexibility index (Phi) is 4.50. The molecule has 2 aliphatic heterocycles. The van der Waals surface area contributed by atoms with Gasteiger partial charge in [0.2, 0.25) is 0 Å². The van der Waals surface area contributed by atoms with Crippen molar-refractivity contribution in [3.63, 3.8) is 0 Å². The second-order valence-corrected chi connectivity index (χ2v) is 7.63. The number of rotatable bonds is 3. The van der Waals surface area contributed by atoms with Gasteiger partial charge in [-0.1, -0.05) is 42.5 Å². The highest BCUT2D eigenvalue weighted by atomic mass is 16.5. The van der Waals surface area contributed by atoms with Crippen LogP contribution in [0, 0.1) is 0 Å². The molecule has 0 spiro atoms. The largest absolute Gasteiger partial charge is 0.489 e. The van der Waals surface area contributed by atoms with Crippen molar-refractivity contribution in [3.05, 3.63) is 77.6 Å². The summed E-state index contributed by atoms with van der Waals surface area (Å²) in [5.41, 5.74) is 3.25. The van der Waals surface area contributed by atoms with Gasteiger partial charge in [0.15, 0.2) is 0 Å². The molecule has 5 rings (SSSR count). The van der Waals surface area contributed by atoms with Crippen LogP contribution in [0.2, 0.25) is 0 Å². The van der Waals surface area contributed by atoms with E-state index in [0.29, 0.717) is 17.1 Å². The first-order chi connectivity index (χ1) is 14.6. The summed E-state index contributed by atoms with van der Waals surface area (Å²) in [6, 6.07) is 18.6. The molecule has 2 aliphatic rings. The second-order valence-electron chi connectivity index (χ2n) is 7.63. The third-order valence-electron chi connectivity index (χ3n) is 5.80. The van der Waals surface area contributed by atoms with Gasteiger partial charge in [0, 0.05) is 25.2 Å². The van der Waals surface area contributed by atoms with Crippen molar-refractivity contribution in [3.8, 4) is 5.75 Å². The van der Waals surface area contributed by atoms with Crippen LogP contribution in [0.15, 0.2) is 60.7 Å². The van der Waals surface area contributed by atoms with E-state index in [1.807, 2.05) is 53.2 Å². The lowest BCUT2D eigenvalue weighted by molar-refractivity contribution is -0.120. The number of hydrogen-bond donors (Lipinski definition) is 1. The third-order valence-corrected chi connectivity index (χ3v) is 5.80. The van der Waals surface area contributed by atoms with E-state index in [0.717, 1.165) is 18.7 Å². The van der Waals surface area contributed by atoms with E-state index in [-0.39, 0.29) is 24.3 Å². The van der Waals surface area contributed by atoms with E-state index in [4.69, 9.17) is 4.74 Å². The predicted molar refractivity (Wildman–Crippen MR) is 112 cm³/mol. The molecule has 3 aromatic rings. The zero-order valence-corrected chi connectivity index (χ0v) is 16.6. The highest BCUT2D eigenvalue weighted by Crippen LogP contribution is 2.34. The lowest BCUT2D eigenvalue weighted by Gasteiger charge is -2.20. The van der Waals surface area contributed by atoms with Gasteiger partial charge in [0.25, 0.3) is 11.8 Å². The highest BCUT2D eigenvalue weighted by molar-refractivity contribution is 6.02. The number of nitrogens with one attached hydrogen (secondary N) is 1. The molecule has 1 N–H and O–H groups in total. The van der Waals surface area contributed by atoms with Crippen LogP contribution in [0.3, 0.4) is 0 Å². The SMILES string of the molecule is CN1C(=O)[C@@H](NC(=O)c2cc3n(n2)CC[C@@H]3c2ccccc2)COc2ccccc21. The summed E-state index contributed by atoms with van der Waals surface area (Å²) < 4.78 is 7.66. The molecule has 2 atom stereocenters. The number of fused-ring (bicyclic) bond motifs is 2. The number of likely N-dealkylation sites (N-methyl/N-ethyl adjacent to an activating group) is 1. The first kappa shape index (κ1) is 18.4.